The molecule has 1 saturated heterocycles. The molecule has 1 amide bonds. The van der Waals surface area contributed by atoms with Crippen molar-refractivity contribution >= 4 is 22.9 Å². The van der Waals surface area contributed by atoms with Gasteiger partial charge in [-0.15, -0.1) is 0 Å². The Kier molecular flexibility index (Phi) is 3.14. The Bertz CT molecular complexity index is 231. The second-order valence-corrected chi connectivity index (χ2v) is 3.59. The number of carbonyl (C=O) groups excluding carboxylic acids is 2. The Balaban J connectivity index is 2.61. The second-order valence-electron chi connectivity index (χ2n) is 3.26. The van der Waals surface area contributed by atoms with Gasteiger partial charge in [0.25, 0.3) is 0 Å². The van der Waals surface area contributed by atoms with Gasteiger partial charge in [0.2, 0.25) is 0 Å². The lowest BCUT2D eigenvalue weighted by molar-refractivity contribution is -0.145. The minimum absolute atomic E-state index is 0.121. The van der Waals surface area contributed by atoms with Crippen molar-refractivity contribution in [2.45, 2.75) is 6.92 Å². The summed E-state index contributed by atoms with van der Waals surface area (Å²) in [7, 11) is 1.35. The Morgan fingerprint density at radius 2 is 2.08 bits per heavy atom. The molecule has 0 aromatic heterocycles. The third kappa shape index (κ3) is 2.12. The standard InChI is InChI=1S/C8H12ClNO3/c1-5-3-10(8(9)12)4-6(5)7(11)13-2/h5-6H,3-4H2,1-2H3. The molecule has 2 unspecified atom stereocenters. The first-order chi connectivity index (χ1) is 6.06. The van der Waals surface area contributed by atoms with Crippen LogP contribution < -0.4 is 0 Å². The molecule has 0 N–H and O–H groups in total. The Morgan fingerprint density at radius 1 is 1.46 bits per heavy atom. The summed E-state index contributed by atoms with van der Waals surface area (Å²) in [6, 6.07) is 0. The lowest BCUT2D eigenvalue weighted by Gasteiger charge is -2.10. The highest BCUT2D eigenvalue weighted by atomic mass is 35.5. The SMILES string of the molecule is COC(=O)C1CN(C(=O)Cl)CC1C. The summed E-state index contributed by atoms with van der Waals surface area (Å²) in [6.45, 7) is 2.81. The lowest BCUT2D eigenvalue weighted by atomic mass is 9.99. The molecule has 2 atom stereocenters. The fraction of sp³-hybridized carbons (Fsp3) is 0.750. The van der Waals surface area contributed by atoms with Crippen LogP contribution in [0.1, 0.15) is 6.92 Å². The average molecular weight is 206 g/mol. The monoisotopic (exact) mass is 205 g/mol. The molecular weight excluding hydrogens is 194 g/mol. The van der Waals surface area contributed by atoms with Gasteiger partial charge in [0.15, 0.2) is 0 Å². The van der Waals surface area contributed by atoms with Gasteiger partial charge in [-0.2, -0.15) is 0 Å². The van der Waals surface area contributed by atoms with Gasteiger partial charge in [-0.05, 0) is 17.5 Å². The summed E-state index contributed by atoms with van der Waals surface area (Å²) in [5, 5.41) is -0.502. The molecule has 0 aliphatic carbocycles. The number of nitrogens with zero attached hydrogens (tertiary/aromatic N) is 1. The van der Waals surface area contributed by atoms with Gasteiger partial charge in [-0.25, -0.2) is 0 Å². The van der Waals surface area contributed by atoms with Gasteiger partial charge in [0.05, 0.1) is 13.0 Å². The van der Waals surface area contributed by atoms with E-state index in [9.17, 15) is 9.59 Å². The first-order valence-corrected chi connectivity index (χ1v) is 4.46. The second kappa shape index (κ2) is 3.96. The van der Waals surface area contributed by atoms with Crippen molar-refractivity contribution in [3.63, 3.8) is 0 Å². The largest absolute Gasteiger partial charge is 0.469 e. The maximum absolute atomic E-state index is 11.2. The van der Waals surface area contributed by atoms with E-state index in [0.717, 1.165) is 0 Å². The van der Waals surface area contributed by atoms with Gasteiger partial charge in [0, 0.05) is 13.1 Å². The third-order valence-corrected chi connectivity index (χ3v) is 2.60. The maximum Gasteiger partial charge on any atom is 0.316 e. The number of esters is 1. The van der Waals surface area contributed by atoms with Gasteiger partial charge >= 0.3 is 11.3 Å². The number of hydrogen-bond acceptors (Lipinski definition) is 3. The lowest BCUT2D eigenvalue weighted by Crippen LogP contribution is -2.25. The van der Waals surface area contributed by atoms with Gasteiger partial charge in [0.1, 0.15) is 0 Å². The summed E-state index contributed by atoms with van der Waals surface area (Å²) in [5.41, 5.74) is 0. The van der Waals surface area contributed by atoms with E-state index < -0.39 is 5.37 Å². The Labute approximate surface area is 81.8 Å². The van der Waals surface area contributed by atoms with Crippen molar-refractivity contribution in [1.82, 2.24) is 4.90 Å². The molecule has 1 aliphatic rings. The Morgan fingerprint density at radius 3 is 2.46 bits per heavy atom. The van der Waals surface area contributed by atoms with Crippen LogP contribution in [-0.2, 0) is 9.53 Å². The summed E-state index contributed by atoms with van der Waals surface area (Å²) in [6.07, 6.45) is 0. The zero-order valence-corrected chi connectivity index (χ0v) is 8.37. The molecular formula is C8H12ClNO3. The summed E-state index contributed by atoms with van der Waals surface area (Å²) < 4.78 is 4.61. The maximum atomic E-state index is 11.2. The first kappa shape index (κ1) is 10.3. The quantitative estimate of drug-likeness (QED) is 0.366. The van der Waals surface area contributed by atoms with Gasteiger partial charge in [-0.1, -0.05) is 6.92 Å². The molecule has 0 radical (unpaired) electrons. The van der Waals surface area contributed by atoms with E-state index in [0.29, 0.717) is 13.1 Å². The number of likely N-dealkylation sites (tertiary alicyclic amines) is 1. The van der Waals surface area contributed by atoms with Crippen LogP contribution in [0.25, 0.3) is 0 Å². The highest BCUT2D eigenvalue weighted by molar-refractivity contribution is 6.62. The zero-order chi connectivity index (χ0) is 10.0. The van der Waals surface area contributed by atoms with Crippen molar-refractivity contribution in [2.24, 2.45) is 11.8 Å². The predicted molar refractivity (Wildman–Crippen MR) is 47.5 cm³/mol. The highest BCUT2D eigenvalue weighted by Gasteiger charge is 2.37. The molecule has 1 fully saturated rings. The zero-order valence-electron chi connectivity index (χ0n) is 7.62. The minimum Gasteiger partial charge on any atom is -0.469 e. The molecule has 0 aromatic carbocycles. The normalized spacial score (nSPS) is 27.5. The van der Waals surface area contributed by atoms with E-state index in [1.54, 1.807) is 0 Å². The first-order valence-electron chi connectivity index (χ1n) is 4.08. The van der Waals surface area contributed by atoms with E-state index in [1.807, 2.05) is 6.92 Å². The van der Waals surface area contributed by atoms with Crippen LogP contribution in [0.15, 0.2) is 0 Å². The van der Waals surface area contributed by atoms with Crippen LogP contribution in [0.3, 0.4) is 0 Å². The summed E-state index contributed by atoms with van der Waals surface area (Å²) >= 11 is 5.30. The average Bonchev–Trinajstić information content (AvgIpc) is 2.46. The Hall–Kier alpha value is -0.770. The van der Waals surface area contributed by atoms with Crippen LogP contribution >= 0.6 is 11.6 Å². The van der Waals surface area contributed by atoms with Crippen LogP contribution in [-0.4, -0.2) is 36.4 Å². The van der Waals surface area contributed by atoms with Crippen molar-refractivity contribution in [3.8, 4) is 0 Å². The number of ether oxygens (including phenoxy) is 1. The van der Waals surface area contributed by atoms with E-state index in [4.69, 9.17) is 11.6 Å². The third-order valence-electron chi connectivity index (χ3n) is 2.36. The summed E-state index contributed by atoms with van der Waals surface area (Å²) in [5.74, 6) is -0.379. The predicted octanol–water partition coefficient (Wildman–Crippen LogP) is 1.09. The van der Waals surface area contributed by atoms with E-state index in [2.05, 4.69) is 4.74 Å². The van der Waals surface area contributed by atoms with Crippen molar-refractivity contribution in [2.75, 3.05) is 20.2 Å². The fourth-order valence-electron chi connectivity index (χ4n) is 1.57. The molecule has 0 spiro atoms. The minimum atomic E-state index is -0.502. The molecule has 74 valence electrons. The molecule has 1 aliphatic heterocycles. The molecule has 0 saturated carbocycles. The number of amides is 1. The fourth-order valence-corrected chi connectivity index (χ4v) is 1.71. The van der Waals surface area contributed by atoms with Crippen molar-refractivity contribution in [1.29, 1.82) is 0 Å². The van der Waals surface area contributed by atoms with Crippen LogP contribution in [0, 0.1) is 11.8 Å². The molecule has 1 heterocycles. The molecule has 0 bridgehead atoms. The molecule has 13 heavy (non-hydrogen) atoms. The van der Waals surface area contributed by atoms with E-state index in [-0.39, 0.29) is 17.8 Å². The van der Waals surface area contributed by atoms with Gasteiger partial charge in [-0.3, -0.25) is 9.59 Å². The summed E-state index contributed by atoms with van der Waals surface area (Å²) in [4.78, 5) is 23.4. The highest BCUT2D eigenvalue weighted by Crippen LogP contribution is 2.24. The van der Waals surface area contributed by atoms with Crippen molar-refractivity contribution in [3.05, 3.63) is 0 Å². The van der Waals surface area contributed by atoms with Crippen molar-refractivity contribution < 1.29 is 14.3 Å². The number of carbonyl (C=O) groups is 2. The number of halogens is 1. The topological polar surface area (TPSA) is 46.6 Å². The van der Waals surface area contributed by atoms with Crippen LogP contribution in [0.5, 0.6) is 0 Å². The molecule has 1 rings (SSSR count). The van der Waals surface area contributed by atoms with E-state index >= 15 is 0 Å². The van der Waals surface area contributed by atoms with E-state index in [1.165, 1.54) is 12.0 Å². The van der Waals surface area contributed by atoms with Gasteiger partial charge < -0.3 is 9.64 Å². The smallest absolute Gasteiger partial charge is 0.316 e. The van der Waals surface area contributed by atoms with Crippen LogP contribution in [0.2, 0.25) is 0 Å². The number of rotatable bonds is 1. The number of methoxy groups -OCH3 is 1. The molecule has 0 aromatic rings. The molecule has 4 nitrogen and oxygen atoms in total. The number of hydrogen-bond donors (Lipinski definition) is 0. The van der Waals surface area contributed by atoms with Crippen LogP contribution in [0.4, 0.5) is 4.79 Å². The molecule has 5 heteroatoms.